The Bertz CT molecular complexity index is 89.1. The molecule has 0 atom stereocenters. The molecule has 0 saturated heterocycles. The fraction of sp³-hybridized carbons (Fsp3) is 0. The fourth-order valence-corrected chi connectivity index (χ4v) is 0.229. The predicted molar refractivity (Wildman–Crippen MR) is 25.9 cm³/mol. The van der Waals surface area contributed by atoms with Crippen molar-refractivity contribution in [2.45, 2.75) is 0 Å². The van der Waals surface area contributed by atoms with E-state index in [9.17, 15) is 10.1 Å². The molecule has 0 heterocycles. The fourth-order valence-electron chi connectivity index (χ4n) is 0.0764. The molecule has 6 heteroatoms. The lowest BCUT2D eigenvalue weighted by molar-refractivity contribution is -0.281. The number of rotatable bonds is 1. The summed E-state index contributed by atoms with van der Waals surface area (Å²) in [7, 11) is 0. The first-order chi connectivity index (χ1) is 3.13. The van der Waals surface area contributed by atoms with Crippen molar-refractivity contribution in [2.75, 3.05) is 0 Å². The summed E-state index contributed by atoms with van der Waals surface area (Å²) >= 11 is -0.0185. The summed E-state index contributed by atoms with van der Waals surface area (Å²) in [5.41, 5.74) is 4.49. The normalized spacial score (nSPS) is 8.00. The summed E-state index contributed by atoms with van der Waals surface area (Å²) in [5, 5.41) is 16.5. The molecule has 39 valence electrons. The highest BCUT2D eigenvalue weighted by atomic mass is 32.2. The number of nitro groups is 1. The molecule has 0 aromatic heterocycles. The van der Waals surface area contributed by atoms with Crippen LogP contribution < -0.4 is 11.1 Å². The second-order valence-electron chi connectivity index (χ2n) is 0.653. The van der Waals surface area contributed by atoms with E-state index >= 15 is 0 Å². The Labute approximate surface area is 43.7 Å². The van der Waals surface area contributed by atoms with Crippen LogP contribution in [0.5, 0.6) is 0 Å². The number of nitrogens with two attached hydrogens (primary N) is 1. The van der Waals surface area contributed by atoms with Crippen LogP contribution >= 0.6 is 11.9 Å². The molecule has 0 amide bonds. The van der Waals surface area contributed by atoms with E-state index in [-0.39, 0.29) is 11.9 Å². The molecular weight excluding hydrogens is 118 g/mol. The Hall–Kier alpha value is -0.780. The van der Waals surface area contributed by atoms with Gasteiger partial charge >= 0.3 is 11.9 Å². The third-order valence-corrected chi connectivity index (χ3v) is 0.504. The minimum Gasteiger partial charge on any atom is -0.372 e. The Morgan fingerprint density at radius 3 is 2.43 bits per heavy atom. The van der Waals surface area contributed by atoms with Gasteiger partial charge in [0.2, 0.25) is 0 Å². The maximum atomic E-state index is 9.32. The molecule has 7 heavy (non-hydrogen) atoms. The quantitative estimate of drug-likeness (QED) is 0.158. The second-order valence-corrected chi connectivity index (χ2v) is 1.55. The zero-order chi connectivity index (χ0) is 5.86. The van der Waals surface area contributed by atoms with Gasteiger partial charge < -0.3 is 5.73 Å². The number of hydrogen-bond acceptors (Lipinski definition) is 3. The lowest BCUT2D eigenvalue weighted by atomic mass is 11.4. The van der Waals surface area contributed by atoms with Crippen molar-refractivity contribution < 1.29 is 4.33 Å². The molecule has 2 N–H and O–H groups in total. The van der Waals surface area contributed by atoms with Gasteiger partial charge in [-0.15, -0.1) is 5.41 Å². The van der Waals surface area contributed by atoms with Crippen LogP contribution in [0.25, 0.3) is 0 Å². The lowest BCUT2D eigenvalue weighted by Crippen LogP contribution is -2.09. The van der Waals surface area contributed by atoms with Gasteiger partial charge in [-0.2, -0.15) is 0 Å². The summed E-state index contributed by atoms with van der Waals surface area (Å²) in [4.78, 5) is 9.32. The first kappa shape index (κ1) is 6.22. The van der Waals surface area contributed by atoms with Gasteiger partial charge in [0.05, 0.1) is 0 Å². The van der Waals surface area contributed by atoms with E-state index < -0.39 is 9.50 Å². The van der Waals surface area contributed by atoms with E-state index in [1.54, 1.807) is 0 Å². The Morgan fingerprint density at radius 2 is 2.43 bits per heavy atom. The van der Waals surface area contributed by atoms with Crippen molar-refractivity contribution in [3.63, 3.8) is 0 Å². The third-order valence-electron chi connectivity index (χ3n) is 0.168. The molecule has 0 unspecified atom stereocenters. The van der Waals surface area contributed by atoms with Crippen LogP contribution in [0.3, 0.4) is 0 Å². The highest BCUT2D eigenvalue weighted by Gasteiger charge is 2.02. The first-order valence-corrected chi connectivity index (χ1v) is 2.04. The summed E-state index contributed by atoms with van der Waals surface area (Å²) < 4.78 is -0.796. The molecule has 0 fully saturated rings. The summed E-state index contributed by atoms with van der Waals surface area (Å²) in [6.45, 7) is 0. The molecule has 0 aromatic rings. The maximum Gasteiger partial charge on any atom is 0.306 e. The highest BCUT2D eigenvalue weighted by Crippen LogP contribution is 1.93. The maximum absolute atomic E-state index is 9.32. The van der Waals surface area contributed by atoms with E-state index in [0.29, 0.717) is 0 Å². The van der Waals surface area contributed by atoms with Gasteiger partial charge in [-0.25, -0.2) is 0 Å². The van der Waals surface area contributed by atoms with Crippen molar-refractivity contribution in [1.82, 2.24) is 5.41 Å². The van der Waals surface area contributed by atoms with Crippen LogP contribution in [0.15, 0.2) is 0 Å². The van der Waals surface area contributed by atoms with Gasteiger partial charge in [0, 0.05) is 0 Å². The third kappa shape index (κ3) is 5.22. The molecule has 1 radical (unpaired) electrons. The van der Waals surface area contributed by atoms with Crippen LogP contribution in [0.1, 0.15) is 0 Å². The SMILES string of the molecule is [N]=C(N)S[N+](=O)[O-]. The molecule has 0 spiro atoms. The molecule has 0 aliphatic rings. The minimum absolute atomic E-state index is 0.0185. The van der Waals surface area contributed by atoms with Crippen LogP contribution in [0.4, 0.5) is 0 Å². The van der Waals surface area contributed by atoms with Gasteiger partial charge in [0.15, 0.2) is 0 Å². The van der Waals surface area contributed by atoms with E-state index in [2.05, 4.69) is 5.73 Å². The van der Waals surface area contributed by atoms with Gasteiger partial charge in [-0.05, 0) is 0 Å². The van der Waals surface area contributed by atoms with Gasteiger partial charge in [-0.1, -0.05) is 0 Å². The van der Waals surface area contributed by atoms with Crippen LogP contribution in [-0.4, -0.2) is 9.50 Å². The van der Waals surface area contributed by atoms with E-state index in [4.69, 9.17) is 5.41 Å². The zero-order valence-corrected chi connectivity index (χ0v) is 4.01. The monoisotopic (exact) mass is 120 g/mol. The minimum atomic E-state index is -0.796. The van der Waals surface area contributed by atoms with Crippen molar-refractivity contribution in [3.05, 3.63) is 10.1 Å². The lowest BCUT2D eigenvalue weighted by Gasteiger charge is -1.78. The zero-order valence-electron chi connectivity index (χ0n) is 3.20. The number of amidine groups is 1. The number of hydrogen-bond donors (Lipinski definition) is 1. The molecule has 0 rings (SSSR count). The largest absolute Gasteiger partial charge is 0.372 e. The molecule has 0 aliphatic carbocycles. The Morgan fingerprint density at radius 1 is 2.00 bits per heavy atom. The molecular formula is CH2N3O2S. The second kappa shape index (κ2) is 2.40. The van der Waals surface area contributed by atoms with Gasteiger partial charge in [0.25, 0.3) is 5.17 Å². The summed E-state index contributed by atoms with van der Waals surface area (Å²) in [6.07, 6.45) is 0. The highest BCUT2D eigenvalue weighted by molar-refractivity contribution is 8.08. The van der Waals surface area contributed by atoms with E-state index in [1.807, 2.05) is 0 Å². The van der Waals surface area contributed by atoms with E-state index in [0.717, 1.165) is 0 Å². The average molecular weight is 120 g/mol. The molecule has 5 nitrogen and oxygen atoms in total. The van der Waals surface area contributed by atoms with Crippen LogP contribution in [-0.2, 0) is 0 Å². The first-order valence-electron chi connectivity index (χ1n) is 1.26. The summed E-state index contributed by atoms with van der Waals surface area (Å²) in [5.74, 6) is 0. The summed E-state index contributed by atoms with van der Waals surface area (Å²) in [6, 6.07) is 0. The van der Waals surface area contributed by atoms with Crippen molar-refractivity contribution in [3.8, 4) is 0 Å². The topological polar surface area (TPSA) is 91.5 Å². The van der Waals surface area contributed by atoms with Gasteiger partial charge in [0.1, 0.15) is 4.33 Å². The van der Waals surface area contributed by atoms with Crippen molar-refractivity contribution in [2.24, 2.45) is 5.73 Å². The molecule has 0 bridgehead atoms. The Balaban J connectivity index is 3.32. The van der Waals surface area contributed by atoms with Crippen LogP contribution in [0, 0.1) is 10.1 Å². The molecule has 0 aliphatic heterocycles. The van der Waals surface area contributed by atoms with Gasteiger partial charge in [-0.3, -0.25) is 10.1 Å². The average Bonchev–Trinajstić information content (AvgIpc) is 1.27. The molecule has 0 aromatic carbocycles. The predicted octanol–water partition coefficient (Wildman–Crippen LogP) is -0.974. The van der Waals surface area contributed by atoms with Crippen molar-refractivity contribution in [1.29, 1.82) is 0 Å². The Kier molecular flexibility index (Phi) is 2.14. The number of nitrogens with zero attached hydrogens (tertiary/aromatic N) is 2. The van der Waals surface area contributed by atoms with E-state index in [1.165, 1.54) is 0 Å². The smallest absolute Gasteiger partial charge is 0.306 e. The van der Waals surface area contributed by atoms with Crippen LogP contribution in [0.2, 0.25) is 0 Å². The molecule has 0 saturated carbocycles. The van der Waals surface area contributed by atoms with Crippen molar-refractivity contribution >= 4 is 17.1 Å². The standard InChI is InChI=1S/CH2N3O2S/c2-1(3)7-4(5)6/h2H2.